The summed E-state index contributed by atoms with van der Waals surface area (Å²) >= 11 is 1.41. The predicted molar refractivity (Wildman–Crippen MR) is 105 cm³/mol. The first-order chi connectivity index (χ1) is 12.6. The Kier molecular flexibility index (Phi) is 5.63. The van der Waals surface area contributed by atoms with E-state index in [9.17, 15) is 4.79 Å². The summed E-state index contributed by atoms with van der Waals surface area (Å²) < 4.78 is 7.14. The average Bonchev–Trinajstić information content (AvgIpc) is 3.11. The van der Waals surface area contributed by atoms with E-state index in [2.05, 4.69) is 42.3 Å². The van der Waals surface area contributed by atoms with Crippen molar-refractivity contribution in [2.45, 2.75) is 19.0 Å². The van der Waals surface area contributed by atoms with Gasteiger partial charge in [0.1, 0.15) is 5.75 Å². The molecule has 0 aliphatic rings. The molecule has 0 aliphatic heterocycles. The molecule has 1 heterocycles. The maximum absolute atomic E-state index is 12.2. The molecule has 0 unspecified atom stereocenters. The number of methoxy groups -OCH3 is 1. The van der Waals surface area contributed by atoms with E-state index in [4.69, 9.17) is 4.74 Å². The quantitative estimate of drug-likeness (QED) is 0.663. The van der Waals surface area contributed by atoms with Crippen LogP contribution in [-0.2, 0) is 4.79 Å². The fourth-order valence-corrected chi connectivity index (χ4v) is 3.33. The van der Waals surface area contributed by atoms with Crippen LogP contribution < -0.4 is 10.1 Å². The molecule has 3 rings (SSSR count). The van der Waals surface area contributed by atoms with Gasteiger partial charge < -0.3 is 10.1 Å². The second-order valence-corrected chi connectivity index (χ2v) is 6.88. The number of ether oxygens (including phenoxy) is 1. The van der Waals surface area contributed by atoms with Crippen molar-refractivity contribution in [2.24, 2.45) is 0 Å². The van der Waals surface area contributed by atoms with Crippen LogP contribution >= 0.6 is 11.8 Å². The first-order valence-electron chi connectivity index (χ1n) is 8.24. The lowest BCUT2D eigenvalue weighted by atomic mass is 10.1. The predicted octanol–water partition coefficient (Wildman–Crippen LogP) is 4.23. The molecule has 1 aromatic heterocycles. The Bertz CT molecular complexity index is 904. The third-order valence-electron chi connectivity index (χ3n) is 3.94. The SMILES string of the molecule is COc1ccc(NC(=O)CSc2nccn2-c2cc(C)ccc2C)cc1. The van der Waals surface area contributed by atoms with Crippen LogP contribution in [0.2, 0.25) is 0 Å². The molecule has 0 aliphatic carbocycles. The van der Waals surface area contributed by atoms with E-state index < -0.39 is 0 Å². The van der Waals surface area contributed by atoms with Crippen molar-refractivity contribution in [1.82, 2.24) is 9.55 Å². The zero-order valence-electron chi connectivity index (χ0n) is 15.0. The minimum absolute atomic E-state index is 0.0734. The van der Waals surface area contributed by atoms with Crippen LogP contribution in [0.3, 0.4) is 0 Å². The number of carbonyl (C=O) groups is 1. The van der Waals surface area contributed by atoms with E-state index in [-0.39, 0.29) is 11.7 Å². The van der Waals surface area contributed by atoms with E-state index in [1.54, 1.807) is 13.3 Å². The van der Waals surface area contributed by atoms with Gasteiger partial charge in [-0.2, -0.15) is 0 Å². The fraction of sp³-hybridized carbons (Fsp3) is 0.200. The number of anilines is 1. The van der Waals surface area contributed by atoms with E-state index >= 15 is 0 Å². The normalized spacial score (nSPS) is 10.6. The van der Waals surface area contributed by atoms with Gasteiger partial charge in [-0.25, -0.2) is 4.98 Å². The van der Waals surface area contributed by atoms with E-state index in [0.717, 1.165) is 27.8 Å². The van der Waals surface area contributed by atoms with Crippen LogP contribution in [0, 0.1) is 13.8 Å². The monoisotopic (exact) mass is 367 g/mol. The Morgan fingerprint density at radius 2 is 1.96 bits per heavy atom. The largest absolute Gasteiger partial charge is 0.497 e. The maximum Gasteiger partial charge on any atom is 0.234 e. The molecule has 0 atom stereocenters. The van der Waals surface area contributed by atoms with Gasteiger partial charge in [0.05, 0.1) is 18.6 Å². The summed E-state index contributed by atoms with van der Waals surface area (Å²) in [5, 5.41) is 3.68. The molecule has 0 spiro atoms. The minimum atomic E-state index is -0.0734. The zero-order valence-corrected chi connectivity index (χ0v) is 15.8. The summed E-state index contributed by atoms with van der Waals surface area (Å²) in [4.78, 5) is 16.6. The molecule has 0 saturated heterocycles. The highest BCUT2D eigenvalue weighted by Crippen LogP contribution is 2.24. The summed E-state index contributed by atoms with van der Waals surface area (Å²) in [5.41, 5.74) is 4.18. The Hall–Kier alpha value is -2.73. The molecule has 3 aromatic rings. The molecule has 2 aromatic carbocycles. The lowest BCUT2D eigenvalue weighted by molar-refractivity contribution is -0.113. The summed E-state index contributed by atoms with van der Waals surface area (Å²) in [6.45, 7) is 4.13. The van der Waals surface area contributed by atoms with Crippen LogP contribution in [0.1, 0.15) is 11.1 Å². The van der Waals surface area contributed by atoms with E-state index in [1.165, 1.54) is 17.3 Å². The number of nitrogens with zero attached hydrogens (tertiary/aromatic N) is 2. The third kappa shape index (κ3) is 4.26. The Morgan fingerprint density at radius 3 is 2.69 bits per heavy atom. The van der Waals surface area contributed by atoms with Crippen molar-refractivity contribution >= 4 is 23.4 Å². The molecule has 0 fully saturated rings. The fourth-order valence-electron chi connectivity index (χ4n) is 2.56. The number of amides is 1. The maximum atomic E-state index is 12.2. The highest BCUT2D eigenvalue weighted by atomic mass is 32.2. The van der Waals surface area contributed by atoms with Gasteiger partial charge in [0.15, 0.2) is 5.16 Å². The topological polar surface area (TPSA) is 56.1 Å². The highest BCUT2D eigenvalue weighted by Gasteiger charge is 2.11. The Labute approximate surface area is 157 Å². The van der Waals surface area contributed by atoms with Crippen molar-refractivity contribution in [2.75, 3.05) is 18.2 Å². The van der Waals surface area contributed by atoms with Gasteiger partial charge in [-0.3, -0.25) is 9.36 Å². The molecule has 134 valence electrons. The van der Waals surface area contributed by atoms with Crippen molar-refractivity contribution < 1.29 is 9.53 Å². The summed E-state index contributed by atoms with van der Waals surface area (Å²) in [6, 6.07) is 13.6. The van der Waals surface area contributed by atoms with Crippen molar-refractivity contribution in [3.63, 3.8) is 0 Å². The van der Waals surface area contributed by atoms with Gasteiger partial charge in [-0.1, -0.05) is 23.9 Å². The Balaban J connectivity index is 1.66. The smallest absolute Gasteiger partial charge is 0.234 e. The van der Waals surface area contributed by atoms with Gasteiger partial charge in [0.2, 0.25) is 5.91 Å². The number of aromatic nitrogens is 2. The van der Waals surface area contributed by atoms with E-state index in [0.29, 0.717) is 0 Å². The third-order valence-corrected chi connectivity index (χ3v) is 4.90. The molecule has 0 radical (unpaired) electrons. The number of rotatable bonds is 6. The van der Waals surface area contributed by atoms with Gasteiger partial charge in [-0.15, -0.1) is 0 Å². The lowest BCUT2D eigenvalue weighted by Gasteiger charge is -2.11. The second-order valence-electron chi connectivity index (χ2n) is 5.94. The molecule has 1 N–H and O–H groups in total. The number of carbonyl (C=O) groups excluding carboxylic acids is 1. The first-order valence-corrected chi connectivity index (χ1v) is 9.23. The van der Waals surface area contributed by atoms with Crippen LogP contribution in [-0.4, -0.2) is 28.3 Å². The summed E-state index contributed by atoms with van der Waals surface area (Å²) in [6.07, 6.45) is 3.68. The van der Waals surface area contributed by atoms with Crippen molar-refractivity contribution in [3.05, 3.63) is 66.0 Å². The van der Waals surface area contributed by atoms with Crippen LogP contribution in [0.15, 0.2) is 60.0 Å². The van der Waals surface area contributed by atoms with Crippen LogP contribution in [0.25, 0.3) is 5.69 Å². The van der Waals surface area contributed by atoms with Crippen molar-refractivity contribution in [3.8, 4) is 11.4 Å². The first kappa shape index (κ1) is 18.1. The number of nitrogens with one attached hydrogen (secondary N) is 1. The average molecular weight is 367 g/mol. The molecule has 26 heavy (non-hydrogen) atoms. The second kappa shape index (κ2) is 8.10. The molecular formula is C20H21N3O2S. The number of hydrogen-bond donors (Lipinski definition) is 1. The number of hydrogen-bond acceptors (Lipinski definition) is 4. The number of benzene rings is 2. The molecule has 0 saturated carbocycles. The molecule has 0 bridgehead atoms. The summed E-state index contributed by atoms with van der Waals surface area (Å²) in [5.74, 6) is 0.970. The molecule has 5 nitrogen and oxygen atoms in total. The van der Waals surface area contributed by atoms with Crippen LogP contribution in [0.5, 0.6) is 5.75 Å². The number of thioether (sulfide) groups is 1. The number of aryl methyl sites for hydroxylation is 2. The van der Waals surface area contributed by atoms with Crippen LogP contribution in [0.4, 0.5) is 5.69 Å². The lowest BCUT2D eigenvalue weighted by Crippen LogP contribution is -2.14. The standard InChI is InChI=1S/C20H21N3O2S/c1-14-4-5-15(2)18(12-14)23-11-10-21-20(23)26-13-19(24)22-16-6-8-17(25-3)9-7-16/h4-12H,13H2,1-3H3,(H,22,24). The van der Waals surface area contributed by atoms with Gasteiger partial charge in [0.25, 0.3) is 0 Å². The van der Waals surface area contributed by atoms with Crippen molar-refractivity contribution in [1.29, 1.82) is 0 Å². The summed E-state index contributed by atoms with van der Waals surface area (Å²) in [7, 11) is 1.61. The zero-order chi connectivity index (χ0) is 18.5. The minimum Gasteiger partial charge on any atom is -0.497 e. The number of imidazole rings is 1. The Morgan fingerprint density at radius 1 is 1.19 bits per heavy atom. The molecular weight excluding hydrogens is 346 g/mol. The van der Waals surface area contributed by atoms with Gasteiger partial charge >= 0.3 is 0 Å². The van der Waals surface area contributed by atoms with E-state index in [1.807, 2.05) is 35.0 Å². The highest BCUT2D eigenvalue weighted by molar-refractivity contribution is 7.99. The molecule has 1 amide bonds. The molecule has 6 heteroatoms. The van der Waals surface area contributed by atoms with Gasteiger partial charge in [0, 0.05) is 18.1 Å². The van der Waals surface area contributed by atoms with Gasteiger partial charge in [-0.05, 0) is 55.3 Å².